The predicted octanol–water partition coefficient (Wildman–Crippen LogP) is 12.2. The number of aromatic nitrogens is 4. The molecule has 52 heavy (non-hydrogen) atoms. The van der Waals surface area contributed by atoms with Gasteiger partial charge in [-0.25, -0.2) is 4.98 Å². The summed E-state index contributed by atoms with van der Waals surface area (Å²) in [6.07, 6.45) is 5.26. The molecule has 0 spiro atoms. The van der Waals surface area contributed by atoms with Gasteiger partial charge in [0.15, 0.2) is 0 Å². The van der Waals surface area contributed by atoms with Crippen LogP contribution in [0.4, 0.5) is 0 Å². The van der Waals surface area contributed by atoms with Crippen LogP contribution in [0.25, 0.3) is 44.4 Å². The van der Waals surface area contributed by atoms with Gasteiger partial charge in [0.1, 0.15) is 5.82 Å². The molecule has 0 fully saturated rings. The smallest absolute Gasteiger partial charge is 0.509 e. The molecule has 0 bridgehead atoms. The van der Waals surface area contributed by atoms with Gasteiger partial charge in [-0.3, -0.25) is 4.68 Å². The number of hydrogen-bond acceptors (Lipinski definition) is 3. The van der Waals surface area contributed by atoms with Crippen LogP contribution in [0.2, 0.25) is 0 Å². The second kappa shape index (κ2) is 15.2. The van der Waals surface area contributed by atoms with Crippen LogP contribution in [0.3, 0.4) is 0 Å². The zero-order chi connectivity index (χ0) is 36.0. The molecule has 0 atom stereocenters. The maximum absolute atomic E-state index is 6.65. The quantitative estimate of drug-likeness (QED) is 0.129. The van der Waals surface area contributed by atoms with Crippen molar-refractivity contribution in [3.63, 3.8) is 0 Å². The summed E-state index contributed by atoms with van der Waals surface area (Å²) < 4.78 is 10.9. The monoisotopic (exact) mass is 867 g/mol. The summed E-state index contributed by atoms with van der Waals surface area (Å²) in [6.45, 7) is 19.8. The van der Waals surface area contributed by atoms with Crippen molar-refractivity contribution < 1.29 is 25.8 Å². The fraction of sp³-hybridized carbons (Fsp3) is 0.304. The topological polar surface area (TPSA) is 44.9 Å². The number of nitrogens with zero attached hydrogens (tertiary/aromatic N) is 4. The van der Waals surface area contributed by atoms with Gasteiger partial charge < -0.3 is 9.30 Å². The van der Waals surface area contributed by atoms with Gasteiger partial charge in [0.25, 0.3) is 0 Å². The number of rotatable bonds is 10. The SMILES string of the molecule is CCCCc1ccnc(-n2c3[c-]c(Oc4[c-]c(-n5nc(C)c(-c6c(C)cc(C(C)C)cc6C)c5C)cc(C(C)C)c4)ccc3c3ccccc32)c1.[Pt+2]. The third-order valence-electron chi connectivity index (χ3n) is 10.1. The Morgan fingerprint density at radius 3 is 2.17 bits per heavy atom. The predicted molar refractivity (Wildman–Crippen MR) is 211 cm³/mol. The maximum Gasteiger partial charge on any atom is 2.00 e. The number of unbranched alkanes of at least 4 members (excludes halogenated alkanes) is 1. The van der Waals surface area contributed by atoms with Crippen molar-refractivity contribution in [1.82, 2.24) is 19.3 Å². The van der Waals surface area contributed by atoms with Gasteiger partial charge in [-0.2, -0.15) is 11.2 Å². The van der Waals surface area contributed by atoms with Gasteiger partial charge in [0, 0.05) is 34.5 Å². The minimum Gasteiger partial charge on any atom is -0.509 e. The van der Waals surface area contributed by atoms with Crippen LogP contribution < -0.4 is 4.74 Å². The molecule has 7 rings (SSSR count). The molecule has 268 valence electrons. The van der Waals surface area contributed by atoms with Crippen LogP contribution in [-0.2, 0) is 27.5 Å². The number of ether oxygens (including phenoxy) is 1. The first-order valence-electron chi connectivity index (χ1n) is 18.4. The second-order valence-corrected chi connectivity index (χ2v) is 14.6. The third kappa shape index (κ3) is 7.00. The van der Waals surface area contributed by atoms with E-state index in [2.05, 4.69) is 146 Å². The molecule has 3 heterocycles. The molecule has 6 heteroatoms. The molecule has 0 amide bonds. The first kappa shape index (κ1) is 37.3. The van der Waals surface area contributed by atoms with E-state index < -0.39 is 0 Å². The van der Waals surface area contributed by atoms with E-state index in [9.17, 15) is 0 Å². The summed E-state index contributed by atoms with van der Waals surface area (Å²) in [5.41, 5.74) is 13.8. The molecule has 0 unspecified atom stereocenters. The van der Waals surface area contributed by atoms with Crippen molar-refractivity contribution in [2.24, 2.45) is 0 Å². The first-order chi connectivity index (χ1) is 24.5. The second-order valence-electron chi connectivity index (χ2n) is 14.6. The van der Waals surface area contributed by atoms with Crippen molar-refractivity contribution in [1.29, 1.82) is 0 Å². The number of para-hydroxylation sites is 1. The summed E-state index contributed by atoms with van der Waals surface area (Å²) in [4.78, 5) is 4.83. The van der Waals surface area contributed by atoms with Crippen molar-refractivity contribution in [2.75, 3.05) is 0 Å². The van der Waals surface area contributed by atoms with Crippen LogP contribution in [0.5, 0.6) is 11.5 Å². The number of aryl methyl sites for hydroxylation is 4. The molecule has 4 aromatic carbocycles. The van der Waals surface area contributed by atoms with Crippen LogP contribution in [0.1, 0.15) is 98.5 Å². The van der Waals surface area contributed by atoms with Crippen molar-refractivity contribution in [2.45, 2.75) is 93.4 Å². The standard InChI is InChI=1S/C46H48N4O.Pt/c1-10-11-14-34-19-20-47-44(23-34)49-42-16-13-12-15-40(42)41-18-17-38(27-43(41)49)51-39-25-36(29(4)5)24-37(26-39)50-33(9)46(32(8)48-50)45-30(6)21-35(28(2)3)22-31(45)7;/h12-13,15-25,28-29H,10-11,14H2,1-9H3;/q-2;+2. The van der Waals surface area contributed by atoms with E-state index in [1.54, 1.807) is 0 Å². The first-order valence-corrected chi connectivity index (χ1v) is 18.4. The molecular weight excluding hydrogens is 820 g/mol. The van der Waals surface area contributed by atoms with Crippen LogP contribution >= 0.6 is 0 Å². The van der Waals surface area contributed by atoms with Gasteiger partial charge >= 0.3 is 21.1 Å². The van der Waals surface area contributed by atoms with Gasteiger partial charge in [-0.15, -0.1) is 41.3 Å². The zero-order valence-electron chi connectivity index (χ0n) is 31.8. The Bertz CT molecular complexity index is 2370. The zero-order valence-corrected chi connectivity index (χ0v) is 34.1. The van der Waals surface area contributed by atoms with Crippen LogP contribution in [0.15, 0.2) is 79.0 Å². The molecule has 0 aliphatic heterocycles. The molecular formula is C46H48N4OPt. The summed E-state index contributed by atoms with van der Waals surface area (Å²) in [5, 5.41) is 7.37. The summed E-state index contributed by atoms with van der Waals surface area (Å²) in [5.74, 6) is 2.92. The molecule has 0 N–H and O–H groups in total. The van der Waals surface area contributed by atoms with Gasteiger partial charge in [0.05, 0.1) is 5.69 Å². The molecule has 3 aromatic heterocycles. The maximum atomic E-state index is 6.65. The molecule has 0 radical (unpaired) electrons. The van der Waals surface area contributed by atoms with Crippen molar-refractivity contribution >= 4 is 21.8 Å². The minimum atomic E-state index is 0. The van der Waals surface area contributed by atoms with Crippen LogP contribution in [0, 0.1) is 39.8 Å². The Morgan fingerprint density at radius 1 is 0.750 bits per heavy atom. The van der Waals surface area contributed by atoms with E-state index in [1.165, 1.54) is 33.4 Å². The molecule has 0 aliphatic rings. The largest absolute Gasteiger partial charge is 2.00 e. The van der Waals surface area contributed by atoms with E-state index in [4.69, 9.17) is 14.8 Å². The number of fused-ring (bicyclic) bond motifs is 3. The molecule has 7 aromatic rings. The minimum absolute atomic E-state index is 0. The van der Waals surface area contributed by atoms with Crippen LogP contribution in [-0.4, -0.2) is 19.3 Å². The van der Waals surface area contributed by atoms with E-state index in [0.717, 1.165) is 69.5 Å². The van der Waals surface area contributed by atoms with Crippen molar-refractivity contribution in [3.8, 4) is 34.1 Å². The Kier molecular flexibility index (Phi) is 10.9. The summed E-state index contributed by atoms with van der Waals surface area (Å²) in [6, 6.07) is 33.1. The van der Waals surface area contributed by atoms with Gasteiger partial charge in [-0.1, -0.05) is 76.9 Å². The fourth-order valence-electron chi connectivity index (χ4n) is 7.42. The Hall–Kier alpha value is -4.47. The summed E-state index contributed by atoms with van der Waals surface area (Å²) in [7, 11) is 0. The van der Waals surface area contributed by atoms with E-state index in [0.29, 0.717) is 17.4 Å². The average molecular weight is 868 g/mol. The van der Waals surface area contributed by atoms with Gasteiger partial charge in [0.2, 0.25) is 0 Å². The average Bonchev–Trinajstić information content (AvgIpc) is 3.59. The number of benzene rings is 4. The number of hydrogen-bond donors (Lipinski definition) is 0. The van der Waals surface area contributed by atoms with E-state index >= 15 is 0 Å². The third-order valence-corrected chi connectivity index (χ3v) is 10.1. The Balaban J connectivity index is 0.00000464. The summed E-state index contributed by atoms with van der Waals surface area (Å²) >= 11 is 0. The van der Waals surface area contributed by atoms with E-state index in [-0.39, 0.29) is 27.0 Å². The Morgan fingerprint density at radius 2 is 1.46 bits per heavy atom. The Labute approximate surface area is 323 Å². The molecule has 0 aliphatic carbocycles. The number of pyridine rings is 1. The van der Waals surface area contributed by atoms with E-state index in [1.807, 2.05) is 16.9 Å². The molecule has 5 nitrogen and oxygen atoms in total. The van der Waals surface area contributed by atoms with Gasteiger partial charge in [-0.05, 0) is 109 Å². The molecule has 0 saturated heterocycles. The fourth-order valence-corrected chi connectivity index (χ4v) is 7.42. The van der Waals surface area contributed by atoms with Crippen molar-refractivity contribution in [3.05, 3.63) is 130 Å². The normalized spacial score (nSPS) is 11.6. The molecule has 0 saturated carbocycles.